The molecule has 2 unspecified atom stereocenters. The molecule has 1 aliphatic carbocycles. The Morgan fingerprint density at radius 2 is 1.89 bits per heavy atom. The Kier molecular flexibility index (Phi) is 5.59. The number of fused-ring (bicyclic) bond motifs is 4. The molecule has 36 heavy (non-hydrogen) atoms. The number of halogens is 3. The molecule has 0 saturated carbocycles. The van der Waals surface area contributed by atoms with Crippen molar-refractivity contribution in [2.24, 2.45) is 5.92 Å². The molecule has 2 aromatic rings. The maximum Gasteiger partial charge on any atom is 0.416 e. The molecule has 0 bridgehead atoms. The monoisotopic (exact) mass is 495 g/mol. The molecule has 2 N–H and O–H groups in total. The second kappa shape index (κ2) is 8.30. The van der Waals surface area contributed by atoms with Gasteiger partial charge in [0, 0.05) is 23.1 Å². The highest BCUT2D eigenvalue weighted by Crippen LogP contribution is 2.53. The predicted molar refractivity (Wildman–Crippen MR) is 134 cm³/mol. The van der Waals surface area contributed by atoms with Gasteiger partial charge >= 0.3 is 6.18 Å². The minimum atomic E-state index is -4.45. The summed E-state index contributed by atoms with van der Waals surface area (Å²) in [7, 11) is 1.48. The minimum Gasteiger partial charge on any atom is -0.504 e. The van der Waals surface area contributed by atoms with E-state index in [2.05, 4.69) is 38.2 Å². The molecule has 7 heteroatoms. The molecule has 0 spiro atoms. The van der Waals surface area contributed by atoms with Gasteiger partial charge in [0.05, 0.1) is 18.2 Å². The van der Waals surface area contributed by atoms with Gasteiger partial charge in [-0.05, 0) is 68.7 Å². The van der Waals surface area contributed by atoms with Crippen LogP contribution in [0.3, 0.4) is 0 Å². The quantitative estimate of drug-likeness (QED) is 0.450. The Hall–Kier alpha value is -3.45. The first kappa shape index (κ1) is 24.3. The number of phenols is 1. The van der Waals surface area contributed by atoms with Gasteiger partial charge in [0.1, 0.15) is 11.5 Å². The largest absolute Gasteiger partial charge is 0.504 e. The molecule has 0 fully saturated rings. The van der Waals surface area contributed by atoms with Crippen molar-refractivity contribution in [2.45, 2.75) is 45.5 Å². The number of phenolic OH excluding ortho intramolecular Hbond substituents is 1. The zero-order valence-electron chi connectivity index (χ0n) is 20.7. The van der Waals surface area contributed by atoms with Gasteiger partial charge in [-0.3, -0.25) is 0 Å². The molecule has 2 aromatic carbocycles. The molecule has 0 aromatic heterocycles. The lowest BCUT2D eigenvalue weighted by Crippen LogP contribution is -2.52. The van der Waals surface area contributed by atoms with Gasteiger partial charge in [-0.25, -0.2) is 0 Å². The molecule has 0 saturated heterocycles. The van der Waals surface area contributed by atoms with Crippen LogP contribution in [0.25, 0.3) is 11.6 Å². The van der Waals surface area contributed by atoms with Crippen molar-refractivity contribution in [2.75, 3.05) is 7.11 Å². The lowest BCUT2D eigenvalue weighted by Gasteiger charge is -2.44. The molecule has 2 heterocycles. The van der Waals surface area contributed by atoms with Crippen LogP contribution in [0.4, 0.5) is 13.2 Å². The lowest BCUT2D eigenvalue weighted by atomic mass is 9.71. The summed E-state index contributed by atoms with van der Waals surface area (Å²) < 4.78 is 52.8. The second-order valence-corrected chi connectivity index (χ2v) is 10.1. The molecule has 0 amide bonds. The maximum atomic E-state index is 13.6. The Morgan fingerprint density at radius 3 is 2.58 bits per heavy atom. The van der Waals surface area contributed by atoms with Gasteiger partial charge in [0.2, 0.25) is 0 Å². The maximum absolute atomic E-state index is 13.6. The van der Waals surface area contributed by atoms with Crippen molar-refractivity contribution in [1.82, 2.24) is 5.32 Å². The Labute approximate surface area is 208 Å². The van der Waals surface area contributed by atoms with Crippen LogP contribution in [-0.2, 0) is 6.18 Å². The molecule has 188 valence electrons. The van der Waals surface area contributed by atoms with Crippen LogP contribution in [0.5, 0.6) is 17.2 Å². The number of methoxy groups -OCH3 is 1. The minimum absolute atomic E-state index is 0.0152. The van der Waals surface area contributed by atoms with Gasteiger partial charge in [0.25, 0.3) is 0 Å². The van der Waals surface area contributed by atoms with Crippen molar-refractivity contribution >= 4 is 11.6 Å². The van der Waals surface area contributed by atoms with E-state index in [0.717, 1.165) is 22.8 Å². The molecule has 3 aliphatic rings. The van der Waals surface area contributed by atoms with E-state index in [4.69, 9.17) is 9.47 Å². The fourth-order valence-electron chi connectivity index (χ4n) is 5.66. The number of ether oxygens (including phenoxy) is 2. The first-order chi connectivity index (χ1) is 16.9. The number of hydrogen-bond donors (Lipinski definition) is 2. The number of allylic oxidation sites excluding steroid dienone is 3. The summed E-state index contributed by atoms with van der Waals surface area (Å²) in [5.74, 6) is 1.10. The van der Waals surface area contributed by atoms with E-state index in [9.17, 15) is 18.3 Å². The van der Waals surface area contributed by atoms with E-state index in [1.165, 1.54) is 26.2 Å². The van der Waals surface area contributed by atoms with Crippen molar-refractivity contribution in [3.63, 3.8) is 0 Å². The van der Waals surface area contributed by atoms with Gasteiger partial charge in [-0.2, -0.15) is 13.2 Å². The number of aromatic hydroxyl groups is 1. The number of rotatable bonds is 2. The highest BCUT2D eigenvalue weighted by atomic mass is 19.4. The summed E-state index contributed by atoms with van der Waals surface area (Å²) >= 11 is 0. The smallest absolute Gasteiger partial charge is 0.416 e. The lowest BCUT2D eigenvalue weighted by molar-refractivity contribution is -0.138. The standard InChI is InChI=1S/C29H28F3NO3/c1-15-14-28(3,4)33-20-10-9-18-25(24(15)20)23(36-22-12-11-21(34)27(35-5)26(18)22)13-17-7-6-8-19(16(17)2)29(30,31)32/h6-14,20,24,33-34H,1-5H3/b23-13-. The number of alkyl halides is 3. The third-order valence-electron chi connectivity index (χ3n) is 7.07. The van der Waals surface area contributed by atoms with Gasteiger partial charge < -0.3 is 19.9 Å². The average Bonchev–Trinajstić information content (AvgIpc) is 2.78. The van der Waals surface area contributed by atoms with Crippen LogP contribution in [0.1, 0.15) is 43.0 Å². The number of nitrogens with one attached hydrogen (secondary N) is 1. The summed E-state index contributed by atoms with van der Waals surface area (Å²) in [5, 5.41) is 14.1. The molecular weight excluding hydrogens is 467 g/mol. The van der Waals surface area contributed by atoms with E-state index in [1.54, 1.807) is 18.2 Å². The van der Waals surface area contributed by atoms with Crippen LogP contribution < -0.4 is 14.8 Å². The fraction of sp³-hybridized carbons (Fsp3) is 0.310. The van der Waals surface area contributed by atoms with Gasteiger partial charge in [0.15, 0.2) is 11.5 Å². The fourth-order valence-corrected chi connectivity index (χ4v) is 5.66. The summed E-state index contributed by atoms with van der Waals surface area (Å²) in [6, 6.07) is 7.26. The zero-order chi connectivity index (χ0) is 26.0. The first-order valence-corrected chi connectivity index (χ1v) is 11.8. The van der Waals surface area contributed by atoms with Crippen LogP contribution in [0.2, 0.25) is 0 Å². The third kappa shape index (κ3) is 3.91. The molecule has 2 atom stereocenters. The predicted octanol–water partition coefficient (Wildman–Crippen LogP) is 6.80. The van der Waals surface area contributed by atoms with Crippen LogP contribution in [0.15, 0.2) is 65.5 Å². The highest BCUT2D eigenvalue weighted by Gasteiger charge is 2.42. The number of hydrogen-bond acceptors (Lipinski definition) is 4. The summed E-state index contributed by atoms with van der Waals surface area (Å²) in [6.07, 6.45) is 3.47. The van der Waals surface area contributed by atoms with Crippen LogP contribution in [0, 0.1) is 12.8 Å². The molecule has 5 rings (SSSR count). The molecule has 0 radical (unpaired) electrons. The highest BCUT2D eigenvalue weighted by molar-refractivity contribution is 5.91. The topological polar surface area (TPSA) is 50.7 Å². The van der Waals surface area contributed by atoms with E-state index in [1.807, 2.05) is 6.08 Å². The van der Waals surface area contributed by atoms with Crippen molar-refractivity contribution in [3.05, 3.63) is 87.7 Å². The Morgan fingerprint density at radius 1 is 1.14 bits per heavy atom. The van der Waals surface area contributed by atoms with E-state index < -0.39 is 11.7 Å². The Bertz CT molecular complexity index is 1380. The van der Waals surface area contributed by atoms with Crippen molar-refractivity contribution in [1.29, 1.82) is 0 Å². The van der Waals surface area contributed by atoms with E-state index in [-0.39, 0.29) is 28.8 Å². The Balaban J connectivity index is 1.78. The summed E-state index contributed by atoms with van der Waals surface area (Å²) in [4.78, 5) is 0. The molecular formula is C29H28F3NO3. The van der Waals surface area contributed by atoms with Gasteiger partial charge in [-0.15, -0.1) is 0 Å². The summed E-state index contributed by atoms with van der Waals surface area (Å²) in [6.45, 7) is 7.73. The molecule has 2 aliphatic heterocycles. The van der Waals surface area contributed by atoms with Gasteiger partial charge in [-0.1, -0.05) is 35.9 Å². The van der Waals surface area contributed by atoms with Crippen molar-refractivity contribution in [3.8, 4) is 17.2 Å². The molecule has 4 nitrogen and oxygen atoms in total. The second-order valence-electron chi connectivity index (χ2n) is 10.1. The normalized spacial score (nSPS) is 23.4. The first-order valence-electron chi connectivity index (χ1n) is 11.8. The SMILES string of the molecule is COc1c(O)ccc2c1C1=C(/C(=C/c3cccc(C(F)(F)F)c3C)O2)C2C(C)=CC(C)(C)NC2C=C1. The average molecular weight is 496 g/mol. The van der Waals surface area contributed by atoms with Crippen LogP contribution >= 0.6 is 0 Å². The van der Waals surface area contributed by atoms with Crippen LogP contribution in [-0.4, -0.2) is 23.8 Å². The zero-order valence-corrected chi connectivity index (χ0v) is 20.7. The number of benzene rings is 2. The summed E-state index contributed by atoms with van der Waals surface area (Å²) in [5.41, 5.74) is 3.07. The van der Waals surface area contributed by atoms with E-state index >= 15 is 0 Å². The van der Waals surface area contributed by atoms with E-state index in [0.29, 0.717) is 28.4 Å². The third-order valence-corrected chi connectivity index (χ3v) is 7.07. The van der Waals surface area contributed by atoms with Crippen molar-refractivity contribution < 1.29 is 27.8 Å².